The number of amides is 1. The average Bonchev–Trinajstić information content (AvgIpc) is 2.84. The maximum Gasteiger partial charge on any atom is 0.232 e. The monoisotopic (exact) mass is 513 g/mol. The first-order valence-corrected chi connectivity index (χ1v) is 14.9. The molecule has 2 unspecified atom stereocenters. The first-order chi connectivity index (χ1) is 17.2. The van der Waals surface area contributed by atoms with Crippen molar-refractivity contribution in [3.8, 4) is 11.5 Å². The molecule has 1 aliphatic carbocycles. The van der Waals surface area contributed by atoms with Crippen LogP contribution < -0.4 is 14.8 Å². The molecule has 8 heteroatoms. The Morgan fingerprint density at radius 2 is 1.61 bits per heavy atom. The van der Waals surface area contributed by atoms with E-state index in [1.54, 1.807) is 0 Å². The van der Waals surface area contributed by atoms with Crippen LogP contribution in [-0.2, 0) is 21.4 Å². The van der Waals surface area contributed by atoms with Gasteiger partial charge < -0.3 is 10.5 Å². The summed E-state index contributed by atoms with van der Waals surface area (Å²) in [6.07, 6.45) is 7.88. The number of carbonyl (C=O) groups excluding carboxylic acids is 1. The Balaban J connectivity index is 1.34. The zero-order valence-corrected chi connectivity index (χ0v) is 22.3. The van der Waals surface area contributed by atoms with Crippen molar-refractivity contribution in [2.75, 3.05) is 30.2 Å². The zero-order chi connectivity index (χ0) is 25.7. The predicted molar refractivity (Wildman–Crippen MR) is 143 cm³/mol. The Hall–Kier alpha value is -2.58. The Bertz CT molecular complexity index is 1110. The molecule has 2 aromatic rings. The van der Waals surface area contributed by atoms with Crippen LogP contribution in [0.4, 0.5) is 5.69 Å². The number of likely N-dealkylation sites (tertiary alicyclic amines) is 1. The molecule has 4 rings (SSSR count). The molecule has 1 amide bonds. The van der Waals surface area contributed by atoms with Gasteiger partial charge in [0.05, 0.1) is 11.9 Å². The summed E-state index contributed by atoms with van der Waals surface area (Å²) in [5.74, 6) is 1.86. The molecule has 2 aromatic carbocycles. The van der Waals surface area contributed by atoms with E-state index in [-0.39, 0.29) is 17.7 Å². The number of nitrogens with zero attached hydrogens (tertiary/aromatic N) is 2. The first-order valence-electron chi connectivity index (χ1n) is 13.1. The summed E-state index contributed by atoms with van der Waals surface area (Å²) >= 11 is 0. The van der Waals surface area contributed by atoms with Crippen molar-refractivity contribution in [1.29, 1.82) is 0 Å². The van der Waals surface area contributed by atoms with Crippen LogP contribution in [0.15, 0.2) is 48.5 Å². The molecule has 0 spiro atoms. The van der Waals surface area contributed by atoms with E-state index < -0.39 is 10.0 Å². The molecule has 0 radical (unpaired) electrons. The summed E-state index contributed by atoms with van der Waals surface area (Å²) < 4.78 is 32.5. The SMILES string of the molecule is CC1CN(Cc2ccc(Oc3ccc(N(CC4CCCCC4)S(C)(=O)=O)cc3)cc2)CCC1C(N)=O. The number of nitrogens with two attached hydrogens (primary N) is 1. The van der Waals surface area contributed by atoms with Crippen LogP contribution in [0.2, 0.25) is 0 Å². The topological polar surface area (TPSA) is 92.9 Å². The number of benzene rings is 2. The highest BCUT2D eigenvalue weighted by atomic mass is 32.2. The smallest absolute Gasteiger partial charge is 0.232 e. The minimum atomic E-state index is -3.35. The van der Waals surface area contributed by atoms with E-state index in [1.807, 2.05) is 36.4 Å². The van der Waals surface area contributed by atoms with E-state index in [2.05, 4.69) is 24.0 Å². The Kier molecular flexibility index (Phi) is 8.57. The molecule has 36 heavy (non-hydrogen) atoms. The second-order valence-corrected chi connectivity index (χ2v) is 12.5. The molecule has 2 aliphatic rings. The van der Waals surface area contributed by atoms with Crippen LogP contribution in [0, 0.1) is 17.8 Å². The fourth-order valence-corrected chi connectivity index (χ4v) is 6.56. The predicted octanol–water partition coefficient (Wildman–Crippen LogP) is 4.77. The minimum Gasteiger partial charge on any atom is -0.457 e. The minimum absolute atomic E-state index is 0.0276. The fraction of sp³-hybridized carbons (Fsp3) is 0.536. The maximum absolute atomic E-state index is 12.5. The Labute approximate surface area is 215 Å². The number of hydrogen-bond donors (Lipinski definition) is 1. The molecule has 1 saturated heterocycles. The van der Waals surface area contributed by atoms with E-state index >= 15 is 0 Å². The summed E-state index contributed by atoms with van der Waals surface area (Å²) in [6, 6.07) is 15.3. The van der Waals surface area contributed by atoms with Crippen molar-refractivity contribution in [1.82, 2.24) is 4.90 Å². The highest BCUT2D eigenvalue weighted by molar-refractivity contribution is 7.92. The van der Waals surface area contributed by atoms with Crippen LogP contribution in [-0.4, -0.2) is 45.1 Å². The van der Waals surface area contributed by atoms with E-state index in [4.69, 9.17) is 10.5 Å². The molecule has 196 valence electrons. The number of rotatable bonds is 9. The molecular formula is C28H39N3O4S. The molecule has 2 atom stereocenters. The largest absolute Gasteiger partial charge is 0.457 e. The van der Waals surface area contributed by atoms with Gasteiger partial charge in [-0.1, -0.05) is 38.3 Å². The van der Waals surface area contributed by atoms with Gasteiger partial charge in [0.2, 0.25) is 15.9 Å². The second-order valence-electron chi connectivity index (χ2n) is 10.5. The van der Waals surface area contributed by atoms with Crippen molar-refractivity contribution in [2.24, 2.45) is 23.5 Å². The van der Waals surface area contributed by atoms with E-state index in [9.17, 15) is 13.2 Å². The van der Waals surface area contributed by atoms with E-state index in [0.29, 0.717) is 23.9 Å². The van der Waals surface area contributed by atoms with E-state index in [1.165, 1.54) is 35.4 Å². The number of primary amides is 1. The maximum atomic E-state index is 12.5. The molecule has 7 nitrogen and oxygen atoms in total. The molecule has 2 fully saturated rings. The zero-order valence-electron chi connectivity index (χ0n) is 21.4. The molecule has 1 heterocycles. The van der Waals surface area contributed by atoms with Crippen molar-refractivity contribution in [3.63, 3.8) is 0 Å². The quantitative estimate of drug-likeness (QED) is 0.521. The van der Waals surface area contributed by atoms with Crippen molar-refractivity contribution in [2.45, 2.75) is 52.0 Å². The Morgan fingerprint density at radius 3 is 2.17 bits per heavy atom. The number of ether oxygens (including phenoxy) is 1. The second kappa shape index (κ2) is 11.6. The van der Waals surface area contributed by atoms with Gasteiger partial charge in [-0.05, 0) is 79.6 Å². The number of carbonyl (C=O) groups is 1. The lowest BCUT2D eigenvalue weighted by Gasteiger charge is -2.35. The van der Waals surface area contributed by atoms with Crippen molar-refractivity contribution >= 4 is 21.6 Å². The van der Waals surface area contributed by atoms with Gasteiger partial charge in [-0.25, -0.2) is 8.42 Å². The lowest BCUT2D eigenvalue weighted by Crippen LogP contribution is -2.43. The Morgan fingerprint density at radius 1 is 1.00 bits per heavy atom. The fourth-order valence-electron chi connectivity index (χ4n) is 5.57. The summed E-state index contributed by atoms with van der Waals surface area (Å²) in [6.45, 7) is 5.19. The molecule has 2 N–H and O–H groups in total. The highest BCUT2D eigenvalue weighted by Gasteiger charge is 2.29. The summed E-state index contributed by atoms with van der Waals surface area (Å²) in [4.78, 5) is 13.9. The van der Waals surface area contributed by atoms with Crippen LogP contribution in [0.1, 0.15) is 51.0 Å². The number of anilines is 1. The third kappa shape index (κ3) is 7.01. The first kappa shape index (κ1) is 26.5. The third-order valence-electron chi connectivity index (χ3n) is 7.59. The third-order valence-corrected chi connectivity index (χ3v) is 8.75. The van der Waals surface area contributed by atoms with Crippen molar-refractivity contribution < 1.29 is 17.9 Å². The van der Waals surface area contributed by atoms with Crippen LogP contribution in [0.5, 0.6) is 11.5 Å². The number of hydrogen-bond acceptors (Lipinski definition) is 5. The molecule has 1 saturated carbocycles. The lowest BCUT2D eigenvalue weighted by molar-refractivity contribution is -0.125. The summed E-state index contributed by atoms with van der Waals surface area (Å²) in [7, 11) is -3.35. The standard InChI is InChI=1S/C28H39N3O4S/c1-21-18-30(17-16-27(21)28(29)32)19-23-8-12-25(13-9-23)35-26-14-10-24(11-15-26)31(36(2,33)34)20-22-6-4-3-5-7-22/h8-15,21-22,27H,3-7,16-20H2,1-2H3,(H2,29,32). The van der Waals surface area contributed by atoms with Gasteiger partial charge in [-0.15, -0.1) is 0 Å². The summed E-state index contributed by atoms with van der Waals surface area (Å²) in [5, 5.41) is 0. The van der Waals surface area contributed by atoms with Gasteiger partial charge in [0.1, 0.15) is 11.5 Å². The number of sulfonamides is 1. The summed E-state index contributed by atoms with van der Waals surface area (Å²) in [5.41, 5.74) is 7.38. The molecule has 0 bridgehead atoms. The van der Waals surface area contributed by atoms with Gasteiger partial charge in [-0.3, -0.25) is 14.0 Å². The number of piperidine rings is 1. The van der Waals surface area contributed by atoms with Gasteiger partial charge in [0, 0.05) is 25.6 Å². The molecular weight excluding hydrogens is 474 g/mol. The van der Waals surface area contributed by atoms with Crippen molar-refractivity contribution in [3.05, 3.63) is 54.1 Å². The van der Waals surface area contributed by atoms with E-state index in [0.717, 1.165) is 44.6 Å². The average molecular weight is 514 g/mol. The normalized spacial score (nSPS) is 21.7. The lowest BCUT2D eigenvalue weighted by atomic mass is 9.86. The highest BCUT2D eigenvalue weighted by Crippen LogP contribution is 2.30. The van der Waals surface area contributed by atoms with Crippen LogP contribution in [0.3, 0.4) is 0 Å². The molecule has 0 aromatic heterocycles. The van der Waals surface area contributed by atoms with Gasteiger partial charge in [-0.2, -0.15) is 0 Å². The van der Waals surface area contributed by atoms with Crippen LogP contribution >= 0.6 is 0 Å². The van der Waals surface area contributed by atoms with Gasteiger partial charge in [0.15, 0.2) is 0 Å². The molecule has 1 aliphatic heterocycles. The van der Waals surface area contributed by atoms with Gasteiger partial charge >= 0.3 is 0 Å². The van der Waals surface area contributed by atoms with Crippen LogP contribution in [0.25, 0.3) is 0 Å². The van der Waals surface area contributed by atoms with Gasteiger partial charge in [0.25, 0.3) is 0 Å².